The Bertz CT molecular complexity index is 674. The van der Waals surface area contributed by atoms with Gasteiger partial charge < -0.3 is 15.5 Å². The summed E-state index contributed by atoms with van der Waals surface area (Å²) in [7, 11) is 2.03. The standard InChI is InChI=1S/C15H18FN5O/c1-19-6-8-20(9-7-19)15(22)13-10-14(17)21(18-13)12-4-2-11(16)3-5-12/h2-5,10H,6-9,17H2,1H3. The van der Waals surface area contributed by atoms with Crippen LogP contribution in [0.15, 0.2) is 30.3 Å². The van der Waals surface area contributed by atoms with Crippen molar-refractivity contribution in [3.63, 3.8) is 0 Å². The van der Waals surface area contributed by atoms with Crippen molar-refractivity contribution in [2.75, 3.05) is 39.0 Å². The molecule has 2 N–H and O–H groups in total. The smallest absolute Gasteiger partial charge is 0.274 e. The molecular formula is C15H18FN5O. The molecule has 116 valence electrons. The number of benzene rings is 1. The van der Waals surface area contributed by atoms with Gasteiger partial charge >= 0.3 is 0 Å². The van der Waals surface area contributed by atoms with Crippen LogP contribution < -0.4 is 5.73 Å². The molecule has 0 saturated carbocycles. The molecule has 2 heterocycles. The number of nitrogens with zero attached hydrogens (tertiary/aromatic N) is 4. The van der Waals surface area contributed by atoms with E-state index in [0.29, 0.717) is 30.3 Å². The second-order valence-corrected chi connectivity index (χ2v) is 5.44. The van der Waals surface area contributed by atoms with Gasteiger partial charge in [-0.25, -0.2) is 9.07 Å². The second kappa shape index (κ2) is 5.76. The van der Waals surface area contributed by atoms with Crippen molar-refractivity contribution in [1.82, 2.24) is 19.6 Å². The summed E-state index contributed by atoms with van der Waals surface area (Å²) in [5.74, 6) is -0.104. The Morgan fingerprint density at radius 2 is 1.82 bits per heavy atom. The minimum atomic E-state index is -0.330. The molecule has 0 unspecified atom stereocenters. The molecule has 1 aromatic heterocycles. The fourth-order valence-corrected chi connectivity index (χ4v) is 2.46. The number of carbonyl (C=O) groups is 1. The number of aromatic nitrogens is 2. The highest BCUT2D eigenvalue weighted by molar-refractivity contribution is 5.93. The molecule has 3 rings (SSSR count). The minimum Gasteiger partial charge on any atom is -0.384 e. The number of carbonyl (C=O) groups excluding carboxylic acids is 1. The van der Waals surface area contributed by atoms with E-state index >= 15 is 0 Å². The van der Waals surface area contributed by atoms with E-state index in [9.17, 15) is 9.18 Å². The number of hydrogen-bond donors (Lipinski definition) is 1. The maximum Gasteiger partial charge on any atom is 0.274 e. The summed E-state index contributed by atoms with van der Waals surface area (Å²) < 4.78 is 14.4. The fraction of sp³-hybridized carbons (Fsp3) is 0.333. The van der Waals surface area contributed by atoms with Gasteiger partial charge in [0.2, 0.25) is 0 Å². The number of halogens is 1. The average molecular weight is 303 g/mol. The number of amides is 1. The third kappa shape index (κ3) is 2.80. The molecule has 1 amide bonds. The molecule has 2 aromatic rings. The lowest BCUT2D eigenvalue weighted by atomic mass is 10.3. The number of anilines is 1. The van der Waals surface area contributed by atoms with Gasteiger partial charge in [0.25, 0.3) is 5.91 Å². The Balaban J connectivity index is 1.82. The van der Waals surface area contributed by atoms with Crippen LogP contribution in [0.3, 0.4) is 0 Å². The topological polar surface area (TPSA) is 67.4 Å². The van der Waals surface area contributed by atoms with Gasteiger partial charge in [-0.1, -0.05) is 0 Å². The van der Waals surface area contributed by atoms with Crippen molar-refractivity contribution in [1.29, 1.82) is 0 Å². The van der Waals surface area contributed by atoms with Crippen LogP contribution in [0.1, 0.15) is 10.5 Å². The van der Waals surface area contributed by atoms with E-state index in [4.69, 9.17) is 5.73 Å². The highest BCUT2D eigenvalue weighted by atomic mass is 19.1. The predicted octanol–water partition coefficient (Wildman–Crippen LogP) is 0.981. The zero-order valence-electron chi connectivity index (χ0n) is 12.4. The largest absolute Gasteiger partial charge is 0.384 e. The molecule has 0 radical (unpaired) electrons. The zero-order valence-corrected chi connectivity index (χ0v) is 12.4. The number of nitrogens with two attached hydrogens (primary N) is 1. The Morgan fingerprint density at radius 1 is 1.18 bits per heavy atom. The second-order valence-electron chi connectivity index (χ2n) is 5.44. The summed E-state index contributed by atoms with van der Waals surface area (Å²) in [4.78, 5) is 16.4. The molecule has 1 aromatic carbocycles. The first-order chi connectivity index (χ1) is 10.5. The first-order valence-electron chi connectivity index (χ1n) is 7.14. The first-order valence-corrected chi connectivity index (χ1v) is 7.14. The summed E-state index contributed by atoms with van der Waals surface area (Å²) in [6.07, 6.45) is 0. The molecule has 1 aliphatic rings. The summed E-state index contributed by atoms with van der Waals surface area (Å²) in [6, 6.07) is 7.37. The number of nitrogen functional groups attached to an aromatic ring is 1. The third-order valence-electron chi connectivity index (χ3n) is 3.82. The lowest BCUT2D eigenvalue weighted by molar-refractivity contribution is 0.0657. The van der Waals surface area contributed by atoms with Gasteiger partial charge in [0.1, 0.15) is 11.6 Å². The van der Waals surface area contributed by atoms with Crippen LogP contribution in [-0.2, 0) is 0 Å². The van der Waals surface area contributed by atoms with Crippen molar-refractivity contribution < 1.29 is 9.18 Å². The number of rotatable bonds is 2. The molecule has 7 heteroatoms. The van der Waals surface area contributed by atoms with Crippen LogP contribution in [0.2, 0.25) is 0 Å². The van der Waals surface area contributed by atoms with Gasteiger partial charge in [-0.15, -0.1) is 0 Å². The Morgan fingerprint density at radius 3 is 2.45 bits per heavy atom. The average Bonchev–Trinajstić information content (AvgIpc) is 2.90. The zero-order chi connectivity index (χ0) is 15.7. The summed E-state index contributed by atoms with van der Waals surface area (Å²) in [5.41, 5.74) is 6.86. The van der Waals surface area contributed by atoms with Gasteiger partial charge in [-0.3, -0.25) is 4.79 Å². The number of hydrogen-bond acceptors (Lipinski definition) is 4. The van der Waals surface area contributed by atoms with E-state index in [1.54, 1.807) is 23.1 Å². The first kappa shape index (κ1) is 14.5. The van der Waals surface area contributed by atoms with E-state index < -0.39 is 0 Å². The van der Waals surface area contributed by atoms with E-state index in [1.165, 1.54) is 16.8 Å². The van der Waals surface area contributed by atoms with Crippen LogP contribution >= 0.6 is 0 Å². The van der Waals surface area contributed by atoms with Crippen molar-refractivity contribution in [2.24, 2.45) is 0 Å². The van der Waals surface area contributed by atoms with Gasteiger partial charge in [-0.05, 0) is 31.3 Å². The molecule has 22 heavy (non-hydrogen) atoms. The summed E-state index contributed by atoms with van der Waals surface area (Å²) in [6.45, 7) is 3.05. The Labute approximate surface area is 127 Å². The highest BCUT2D eigenvalue weighted by Gasteiger charge is 2.23. The van der Waals surface area contributed by atoms with E-state index in [2.05, 4.69) is 10.00 Å². The van der Waals surface area contributed by atoms with E-state index in [0.717, 1.165) is 13.1 Å². The van der Waals surface area contributed by atoms with E-state index in [-0.39, 0.29) is 11.7 Å². The molecule has 6 nitrogen and oxygen atoms in total. The van der Waals surface area contributed by atoms with Crippen LogP contribution in [0.25, 0.3) is 5.69 Å². The molecule has 1 aliphatic heterocycles. The minimum absolute atomic E-state index is 0.124. The van der Waals surface area contributed by atoms with Crippen molar-refractivity contribution >= 4 is 11.7 Å². The summed E-state index contributed by atoms with van der Waals surface area (Å²) in [5, 5.41) is 4.27. The molecule has 0 atom stereocenters. The lowest BCUT2D eigenvalue weighted by Crippen LogP contribution is -2.47. The molecule has 1 fully saturated rings. The lowest BCUT2D eigenvalue weighted by Gasteiger charge is -2.31. The molecule has 1 saturated heterocycles. The monoisotopic (exact) mass is 303 g/mol. The molecular weight excluding hydrogens is 285 g/mol. The van der Waals surface area contributed by atoms with Crippen LogP contribution in [0.4, 0.5) is 10.2 Å². The van der Waals surface area contributed by atoms with Gasteiger partial charge in [-0.2, -0.15) is 5.10 Å². The fourth-order valence-electron chi connectivity index (χ4n) is 2.46. The van der Waals surface area contributed by atoms with Gasteiger partial charge in [0.05, 0.1) is 5.69 Å². The van der Waals surface area contributed by atoms with Crippen molar-refractivity contribution in [3.8, 4) is 5.69 Å². The normalized spacial score (nSPS) is 16.0. The third-order valence-corrected chi connectivity index (χ3v) is 3.82. The summed E-state index contributed by atoms with van der Waals surface area (Å²) >= 11 is 0. The predicted molar refractivity (Wildman–Crippen MR) is 81.3 cm³/mol. The maximum atomic E-state index is 13.0. The highest BCUT2D eigenvalue weighted by Crippen LogP contribution is 2.16. The quantitative estimate of drug-likeness (QED) is 0.898. The Hall–Kier alpha value is -2.41. The van der Waals surface area contributed by atoms with Gasteiger partial charge in [0.15, 0.2) is 5.69 Å². The number of piperazine rings is 1. The maximum absolute atomic E-state index is 13.0. The SMILES string of the molecule is CN1CCN(C(=O)c2cc(N)n(-c3ccc(F)cc3)n2)CC1. The van der Waals surface area contributed by atoms with Crippen molar-refractivity contribution in [2.45, 2.75) is 0 Å². The Kier molecular flexibility index (Phi) is 3.81. The van der Waals surface area contributed by atoms with Gasteiger partial charge in [0, 0.05) is 32.2 Å². The van der Waals surface area contributed by atoms with Crippen molar-refractivity contribution in [3.05, 3.63) is 41.8 Å². The molecule has 0 spiro atoms. The molecule has 0 bridgehead atoms. The number of likely N-dealkylation sites (N-methyl/N-ethyl adjacent to an activating group) is 1. The van der Waals surface area contributed by atoms with Crippen LogP contribution in [0.5, 0.6) is 0 Å². The van der Waals surface area contributed by atoms with E-state index in [1.807, 2.05) is 7.05 Å². The van der Waals surface area contributed by atoms with Crippen LogP contribution in [0, 0.1) is 5.82 Å². The molecule has 0 aliphatic carbocycles. The van der Waals surface area contributed by atoms with Crippen LogP contribution in [-0.4, -0.2) is 58.7 Å².